The number of thioether (sulfide) groups is 1. The molecule has 0 amide bonds. The van der Waals surface area contributed by atoms with E-state index in [0.717, 1.165) is 21.1 Å². The Morgan fingerprint density at radius 2 is 1.61 bits per heavy atom. The van der Waals surface area contributed by atoms with Crippen LogP contribution in [-0.2, 0) is 0 Å². The van der Waals surface area contributed by atoms with Crippen molar-refractivity contribution < 1.29 is 0 Å². The molecular formula is C12H9N3S3. The third-order valence-corrected chi connectivity index (χ3v) is 4.65. The molecule has 3 nitrogen and oxygen atoms in total. The van der Waals surface area contributed by atoms with Crippen LogP contribution in [0.3, 0.4) is 0 Å². The fourth-order valence-electron chi connectivity index (χ4n) is 1.56. The van der Waals surface area contributed by atoms with E-state index in [2.05, 4.69) is 26.6 Å². The molecule has 0 atom stereocenters. The molecule has 3 aromatic heterocycles. The molecule has 0 aliphatic rings. The predicted molar refractivity (Wildman–Crippen MR) is 78.2 cm³/mol. The van der Waals surface area contributed by atoms with Crippen molar-refractivity contribution in [3.05, 3.63) is 35.0 Å². The highest BCUT2D eigenvalue weighted by Crippen LogP contribution is 2.34. The van der Waals surface area contributed by atoms with Crippen LogP contribution in [0.1, 0.15) is 0 Å². The van der Waals surface area contributed by atoms with Gasteiger partial charge in [0.15, 0.2) is 0 Å². The van der Waals surface area contributed by atoms with E-state index in [9.17, 15) is 0 Å². The normalized spacial score (nSPS) is 10.7. The van der Waals surface area contributed by atoms with E-state index in [0.29, 0.717) is 5.16 Å². The zero-order valence-corrected chi connectivity index (χ0v) is 12.0. The molecule has 3 aromatic rings. The van der Waals surface area contributed by atoms with E-state index >= 15 is 0 Å². The number of rotatable bonds is 3. The topological polar surface area (TPSA) is 38.7 Å². The van der Waals surface area contributed by atoms with E-state index in [1.807, 2.05) is 29.8 Å². The highest BCUT2D eigenvalue weighted by molar-refractivity contribution is 7.98. The Kier molecular flexibility index (Phi) is 3.40. The minimum Gasteiger partial charge on any atom is -0.218 e. The van der Waals surface area contributed by atoms with Crippen molar-refractivity contribution in [3.8, 4) is 21.1 Å². The van der Waals surface area contributed by atoms with E-state index < -0.39 is 0 Å². The maximum atomic E-state index is 4.60. The second-order valence-corrected chi connectivity index (χ2v) is 6.12. The van der Waals surface area contributed by atoms with Gasteiger partial charge in [-0.25, -0.2) is 4.98 Å². The van der Waals surface area contributed by atoms with Crippen molar-refractivity contribution in [2.45, 2.75) is 5.16 Å². The molecule has 0 saturated carbocycles. The van der Waals surface area contributed by atoms with Crippen LogP contribution >= 0.6 is 34.4 Å². The van der Waals surface area contributed by atoms with Crippen molar-refractivity contribution in [2.24, 2.45) is 0 Å². The van der Waals surface area contributed by atoms with Gasteiger partial charge in [-0.2, -0.15) is 0 Å². The summed E-state index contributed by atoms with van der Waals surface area (Å²) in [4.78, 5) is 6.83. The van der Waals surface area contributed by atoms with Gasteiger partial charge in [0.2, 0.25) is 5.16 Å². The summed E-state index contributed by atoms with van der Waals surface area (Å²) in [6.45, 7) is 0. The molecule has 0 unspecified atom stereocenters. The lowest BCUT2D eigenvalue weighted by molar-refractivity contribution is 0.854. The van der Waals surface area contributed by atoms with Gasteiger partial charge in [-0.15, -0.1) is 32.9 Å². The summed E-state index contributed by atoms with van der Waals surface area (Å²) in [5.74, 6) is 0. The summed E-state index contributed by atoms with van der Waals surface area (Å²) >= 11 is 4.84. The smallest absolute Gasteiger partial charge is 0.209 e. The Balaban J connectivity index is 2.19. The molecule has 0 spiro atoms. The molecule has 18 heavy (non-hydrogen) atoms. The second kappa shape index (κ2) is 5.17. The summed E-state index contributed by atoms with van der Waals surface area (Å²) in [5, 5.41) is 13.3. The average molecular weight is 291 g/mol. The number of thiophene rings is 2. The number of aromatic nitrogens is 3. The molecule has 0 saturated heterocycles. The maximum absolute atomic E-state index is 4.60. The Morgan fingerprint density at radius 1 is 0.944 bits per heavy atom. The van der Waals surface area contributed by atoms with Gasteiger partial charge in [-0.05, 0) is 29.1 Å². The van der Waals surface area contributed by atoms with Crippen LogP contribution in [0.25, 0.3) is 21.1 Å². The largest absolute Gasteiger partial charge is 0.218 e. The summed E-state index contributed by atoms with van der Waals surface area (Å²) in [6, 6.07) is 8.16. The highest BCUT2D eigenvalue weighted by atomic mass is 32.2. The summed E-state index contributed by atoms with van der Waals surface area (Å²) in [7, 11) is 0. The Bertz CT molecular complexity index is 633. The SMILES string of the molecule is CSc1nnc(-c2cccs2)c(-c2cccs2)n1. The first-order valence-corrected chi connectivity index (χ1v) is 8.23. The molecule has 0 fully saturated rings. The number of hydrogen-bond acceptors (Lipinski definition) is 6. The molecule has 0 aromatic carbocycles. The van der Waals surface area contributed by atoms with Gasteiger partial charge >= 0.3 is 0 Å². The molecule has 90 valence electrons. The van der Waals surface area contributed by atoms with Crippen LogP contribution in [0.15, 0.2) is 40.2 Å². The minimum absolute atomic E-state index is 0.707. The monoisotopic (exact) mass is 291 g/mol. The second-order valence-electron chi connectivity index (χ2n) is 3.45. The first kappa shape index (κ1) is 11.8. The summed E-state index contributed by atoms with van der Waals surface area (Å²) in [5.41, 5.74) is 1.79. The molecule has 3 heterocycles. The fourth-order valence-corrected chi connectivity index (χ4v) is 3.29. The van der Waals surface area contributed by atoms with Gasteiger partial charge in [0.05, 0.1) is 9.75 Å². The van der Waals surface area contributed by atoms with Crippen LogP contribution in [0.2, 0.25) is 0 Å². The van der Waals surface area contributed by atoms with E-state index in [-0.39, 0.29) is 0 Å². The summed E-state index contributed by atoms with van der Waals surface area (Å²) < 4.78 is 0. The van der Waals surface area contributed by atoms with Crippen LogP contribution in [-0.4, -0.2) is 21.4 Å². The van der Waals surface area contributed by atoms with Crippen LogP contribution in [0.4, 0.5) is 0 Å². The average Bonchev–Trinajstić information content (AvgIpc) is 3.11. The van der Waals surface area contributed by atoms with Gasteiger partial charge in [-0.1, -0.05) is 23.9 Å². The zero-order chi connectivity index (χ0) is 12.4. The van der Waals surface area contributed by atoms with E-state index in [1.54, 1.807) is 22.7 Å². The van der Waals surface area contributed by atoms with Gasteiger partial charge in [0.1, 0.15) is 11.4 Å². The molecular weight excluding hydrogens is 282 g/mol. The predicted octanol–water partition coefficient (Wildman–Crippen LogP) is 4.05. The maximum Gasteiger partial charge on any atom is 0.209 e. The van der Waals surface area contributed by atoms with Crippen LogP contribution < -0.4 is 0 Å². The number of hydrogen-bond donors (Lipinski definition) is 0. The molecule has 0 aliphatic carbocycles. The van der Waals surface area contributed by atoms with Gasteiger partial charge in [0, 0.05) is 0 Å². The molecule has 0 N–H and O–H groups in total. The van der Waals surface area contributed by atoms with Crippen molar-refractivity contribution >= 4 is 34.4 Å². The minimum atomic E-state index is 0.707. The third kappa shape index (κ3) is 2.19. The Labute approximate surface area is 117 Å². The first-order valence-electron chi connectivity index (χ1n) is 5.25. The third-order valence-electron chi connectivity index (χ3n) is 2.36. The summed E-state index contributed by atoms with van der Waals surface area (Å²) in [6.07, 6.45) is 1.96. The highest BCUT2D eigenvalue weighted by Gasteiger charge is 2.14. The quantitative estimate of drug-likeness (QED) is 0.682. The standard InChI is InChI=1S/C12H9N3S3/c1-16-12-13-10(8-4-2-6-17-8)11(14-15-12)9-5-3-7-18-9/h2-7H,1H3. The van der Waals surface area contributed by atoms with Gasteiger partial charge < -0.3 is 0 Å². The zero-order valence-electron chi connectivity index (χ0n) is 9.53. The van der Waals surface area contributed by atoms with Crippen molar-refractivity contribution in [1.82, 2.24) is 15.2 Å². The Hall–Kier alpha value is -1.24. The van der Waals surface area contributed by atoms with E-state index in [1.165, 1.54) is 11.8 Å². The lowest BCUT2D eigenvalue weighted by atomic mass is 10.2. The molecule has 6 heteroatoms. The van der Waals surface area contributed by atoms with E-state index in [4.69, 9.17) is 0 Å². The van der Waals surface area contributed by atoms with Crippen molar-refractivity contribution in [3.63, 3.8) is 0 Å². The Morgan fingerprint density at radius 3 is 2.17 bits per heavy atom. The fraction of sp³-hybridized carbons (Fsp3) is 0.0833. The molecule has 0 bridgehead atoms. The molecule has 0 aliphatic heterocycles. The van der Waals surface area contributed by atoms with Crippen molar-refractivity contribution in [1.29, 1.82) is 0 Å². The lowest BCUT2D eigenvalue weighted by Crippen LogP contribution is -1.96. The molecule has 0 radical (unpaired) electrons. The van der Waals surface area contributed by atoms with Crippen LogP contribution in [0.5, 0.6) is 0 Å². The van der Waals surface area contributed by atoms with Gasteiger partial charge in [0.25, 0.3) is 0 Å². The van der Waals surface area contributed by atoms with Crippen molar-refractivity contribution in [2.75, 3.05) is 6.26 Å². The van der Waals surface area contributed by atoms with Gasteiger partial charge in [-0.3, -0.25) is 0 Å². The lowest BCUT2D eigenvalue weighted by Gasteiger charge is -2.04. The molecule has 3 rings (SSSR count). The number of nitrogens with zero attached hydrogens (tertiary/aromatic N) is 3. The first-order chi connectivity index (χ1) is 8.88. The van der Waals surface area contributed by atoms with Crippen LogP contribution in [0, 0.1) is 0 Å².